The van der Waals surface area contributed by atoms with Gasteiger partial charge in [-0.3, -0.25) is 14.5 Å². The highest BCUT2D eigenvalue weighted by Gasteiger charge is 2.47. The maximum absolute atomic E-state index is 13.0. The predicted octanol–water partition coefficient (Wildman–Crippen LogP) is 3.70. The molecular weight excluding hydrogens is 406 g/mol. The lowest BCUT2D eigenvalue weighted by molar-refractivity contribution is -0.133. The minimum atomic E-state index is -1.05. The van der Waals surface area contributed by atoms with Crippen molar-refractivity contribution >= 4 is 23.5 Å². The average Bonchev–Trinajstić information content (AvgIpc) is 3.01. The number of urea groups is 1. The number of benzene rings is 2. The topological polar surface area (TPSA) is 87.7 Å². The first-order chi connectivity index (χ1) is 15.3. The summed E-state index contributed by atoms with van der Waals surface area (Å²) in [4.78, 5) is 39.3. The maximum Gasteiger partial charge on any atom is 0.325 e. The molecule has 0 saturated carbocycles. The van der Waals surface area contributed by atoms with E-state index in [2.05, 4.69) is 10.6 Å². The Morgan fingerprint density at radius 2 is 1.69 bits per heavy atom. The number of aryl methyl sites for hydroxylation is 3. The summed E-state index contributed by atoms with van der Waals surface area (Å²) in [5, 5.41) is 5.69. The molecular formula is C25H31N3O4. The van der Waals surface area contributed by atoms with Crippen molar-refractivity contribution < 1.29 is 19.1 Å². The number of ether oxygens (including phenoxy) is 1. The third kappa shape index (κ3) is 4.93. The second kappa shape index (κ2) is 9.85. The molecule has 0 bridgehead atoms. The molecule has 1 unspecified atom stereocenters. The van der Waals surface area contributed by atoms with Crippen molar-refractivity contribution in [3.8, 4) is 5.75 Å². The van der Waals surface area contributed by atoms with E-state index >= 15 is 0 Å². The molecule has 4 amide bonds. The van der Waals surface area contributed by atoms with Gasteiger partial charge < -0.3 is 15.4 Å². The van der Waals surface area contributed by atoms with Crippen LogP contribution in [0.15, 0.2) is 42.5 Å². The minimum absolute atomic E-state index is 0.315. The molecule has 1 heterocycles. The molecule has 0 aromatic heterocycles. The van der Waals surface area contributed by atoms with Gasteiger partial charge in [0.2, 0.25) is 5.91 Å². The van der Waals surface area contributed by atoms with Crippen molar-refractivity contribution in [2.24, 2.45) is 0 Å². The summed E-state index contributed by atoms with van der Waals surface area (Å²) in [6.07, 6.45) is 2.59. The van der Waals surface area contributed by atoms with Crippen LogP contribution in [0.1, 0.15) is 43.9 Å². The van der Waals surface area contributed by atoms with Crippen molar-refractivity contribution in [2.75, 3.05) is 19.0 Å². The van der Waals surface area contributed by atoms with E-state index in [1.807, 2.05) is 56.3 Å². The first-order valence-electron chi connectivity index (χ1n) is 11.0. The molecule has 0 aliphatic carbocycles. The predicted molar refractivity (Wildman–Crippen MR) is 124 cm³/mol. The third-order valence-corrected chi connectivity index (χ3v) is 5.98. The Labute approximate surface area is 189 Å². The van der Waals surface area contributed by atoms with Gasteiger partial charge >= 0.3 is 6.03 Å². The van der Waals surface area contributed by atoms with Gasteiger partial charge in [-0.15, -0.1) is 0 Å². The summed E-state index contributed by atoms with van der Waals surface area (Å²) < 4.78 is 5.16. The second-order valence-corrected chi connectivity index (χ2v) is 8.21. The molecule has 3 rings (SSSR count). The number of para-hydroxylation sites is 1. The lowest BCUT2D eigenvalue weighted by atomic mass is 9.93. The number of imide groups is 1. The van der Waals surface area contributed by atoms with E-state index in [9.17, 15) is 14.4 Å². The van der Waals surface area contributed by atoms with Crippen LogP contribution in [0.25, 0.3) is 0 Å². The van der Waals surface area contributed by atoms with E-state index in [-0.39, 0.29) is 18.4 Å². The Hall–Kier alpha value is -3.35. The summed E-state index contributed by atoms with van der Waals surface area (Å²) in [7, 11) is 1.61. The SMILES string of the molecule is CCc1cccc(CC)c1NC(=O)CN1C(=O)NC(C)(CCc2ccc(OC)cc2)C1=O. The minimum Gasteiger partial charge on any atom is -0.497 e. The summed E-state index contributed by atoms with van der Waals surface area (Å²) in [6, 6.07) is 13.0. The molecule has 1 fully saturated rings. The summed E-state index contributed by atoms with van der Waals surface area (Å²) >= 11 is 0. The standard InChI is InChI=1S/C25H31N3O4/c1-5-18-8-7-9-19(6-2)22(18)26-21(29)16-28-23(30)25(3,27-24(28)31)15-14-17-10-12-20(32-4)13-11-17/h7-13H,5-6,14-16H2,1-4H3,(H,26,29)(H,27,31). The fraction of sp³-hybridized carbons (Fsp3) is 0.400. The van der Waals surface area contributed by atoms with Gasteiger partial charge in [0.1, 0.15) is 17.8 Å². The van der Waals surface area contributed by atoms with E-state index < -0.39 is 11.6 Å². The Kier molecular flexibility index (Phi) is 7.18. The number of carbonyl (C=O) groups is 3. The van der Waals surface area contributed by atoms with E-state index in [1.165, 1.54) is 0 Å². The molecule has 2 aromatic rings. The van der Waals surface area contributed by atoms with Crippen LogP contribution in [0.3, 0.4) is 0 Å². The average molecular weight is 438 g/mol. The lowest BCUT2D eigenvalue weighted by Gasteiger charge is -2.22. The normalized spacial score (nSPS) is 17.9. The zero-order valence-electron chi connectivity index (χ0n) is 19.2. The third-order valence-electron chi connectivity index (χ3n) is 5.98. The van der Waals surface area contributed by atoms with Crippen molar-refractivity contribution in [3.05, 3.63) is 59.2 Å². The molecule has 1 atom stereocenters. The Morgan fingerprint density at radius 1 is 1.06 bits per heavy atom. The molecule has 2 N–H and O–H groups in total. The van der Waals surface area contributed by atoms with Gasteiger partial charge in [-0.1, -0.05) is 44.2 Å². The maximum atomic E-state index is 13.0. The van der Waals surface area contributed by atoms with E-state index in [4.69, 9.17) is 4.74 Å². The van der Waals surface area contributed by atoms with Crippen molar-refractivity contribution in [1.29, 1.82) is 0 Å². The van der Waals surface area contributed by atoms with Crippen LogP contribution in [0.5, 0.6) is 5.75 Å². The summed E-state index contributed by atoms with van der Waals surface area (Å²) in [5.74, 6) is -0.00701. The zero-order chi connectivity index (χ0) is 23.3. The summed E-state index contributed by atoms with van der Waals surface area (Å²) in [5.41, 5.74) is 2.82. The van der Waals surface area contributed by atoms with E-state index in [0.29, 0.717) is 12.8 Å². The number of anilines is 1. The van der Waals surface area contributed by atoms with Gasteiger partial charge in [0.25, 0.3) is 5.91 Å². The number of carbonyl (C=O) groups excluding carboxylic acids is 3. The van der Waals surface area contributed by atoms with Crippen LogP contribution in [-0.4, -0.2) is 41.9 Å². The molecule has 0 radical (unpaired) electrons. The first-order valence-corrected chi connectivity index (χ1v) is 11.0. The zero-order valence-corrected chi connectivity index (χ0v) is 19.2. The van der Waals surface area contributed by atoms with Crippen LogP contribution in [0, 0.1) is 0 Å². The Bertz CT molecular complexity index is 980. The van der Waals surface area contributed by atoms with Crippen molar-refractivity contribution in [1.82, 2.24) is 10.2 Å². The van der Waals surface area contributed by atoms with Crippen LogP contribution < -0.4 is 15.4 Å². The molecule has 1 aliphatic heterocycles. The fourth-order valence-electron chi connectivity index (χ4n) is 3.97. The number of nitrogens with zero attached hydrogens (tertiary/aromatic N) is 1. The van der Waals surface area contributed by atoms with Crippen LogP contribution in [0.2, 0.25) is 0 Å². The summed E-state index contributed by atoms with van der Waals surface area (Å²) in [6.45, 7) is 5.44. The number of nitrogens with one attached hydrogen (secondary N) is 2. The van der Waals surface area contributed by atoms with Crippen LogP contribution >= 0.6 is 0 Å². The van der Waals surface area contributed by atoms with Gasteiger partial charge in [0, 0.05) is 5.69 Å². The highest BCUT2D eigenvalue weighted by molar-refractivity contribution is 6.10. The molecule has 170 valence electrons. The molecule has 7 heteroatoms. The van der Waals surface area contributed by atoms with Crippen molar-refractivity contribution in [3.63, 3.8) is 0 Å². The number of rotatable bonds is 9. The molecule has 1 aliphatic rings. The van der Waals surface area contributed by atoms with Gasteiger partial charge in [0.05, 0.1) is 7.11 Å². The van der Waals surface area contributed by atoms with Gasteiger partial charge in [-0.25, -0.2) is 4.79 Å². The van der Waals surface area contributed by atoms with Gasteiger partial charge in [0.15, 0.2) is 0 Å². The number of hydrogen-bond donors (Lipinski definition) is 2. The Balaban J connectivity index is 1.66. The van der Waals surface area contributed by atoms with E-state index in [1.54, 1.807) is 14.0 Å². The second-order valence-electron chi connectivity index (χ2n) is 8.21. The highest BCUT2D eigenvalue weighted by Crippen LogP contribution is 2.25. The van der Waals surface area contributed by atoms with E-state index in [0.717, 1.165) is 45.9 Å². The largest absolute Gasteiger partial charge is 0.497 e. The molecule has 0 spiro atoms. The highest BCUT2D eigenvalue weighted by atomic mass is 16.5. The van der Waals surface area contributed by atoms with Gasteiger partial charge in [-0.05, 0) is 61.4 Å². The van der Waals surface area contributed by atoms with Gasteiger partial charge in [-0.2, -0.15) is 0 Å². The lowest BCUT2D eigenvalue weighted by Crippen LogP contribution is -2.45. The molecule has 32 heavy (non-hydrogen) atoms. The number of amides is 4. The monoisotopic (exact) mass is 437 g/mol. The first kappa shape index (κ1) is 23.3. The smallest absolute Gasteiger partial charge is 0.325 e. The Morgan fingerprint density at radius 3 is 2.25 bits per heavy atom. The number of hydrogen-bond acceptors (Lipinski definition) is 4. The fourth-order valence-corrected chi connectivity index (χ4v) is 3.97. The quantitative estimate of drug-likeness (QED) is 0.586. The molecule has 7 nitrogen and oxygen atoms in total. The molecule has 1 saturated heterocycles. The van der Waals surface area contributed by atoms with Crippen LogP contribution in [0.4, 0.5) is 10.5 Å². The van der Waals surface area contributed by atoms with Crippen molar-refractivity contribution in [2.45, 2.75) is 52.0 Å². The molecule has 2 aromatic carbocycles. The van der Waals surface area contributed by atoms with Crippen LogP contribution in [-0.2, 0) is 28.9 Å². The number of methoxy groups -OCH3 is 1.